The second kappa shape index (κ2) is 12.3. The number of thiazole rings is 1. The van der Waals surface area contributed by atoms with Crippen molar-refractivity contribution in [2.75, 3.05) is 34.4 Å². The van der Waals surface area contributed by atoms with Gasteiger partial charge in [-0.2, -0.15) is 0 Å². The number of nitrogens with one attached hydrogen (secondary N) is 1. The molecular weight excluding hydrogens is 613 g/mol. The number of carbonyl (C=O) groups excluding carboxylic acids is 2. The zero-order chi connectivity index (χ0) is 30.9. The highest BCUT2D eigenvalue weighted by molar-refractivity contribution is 8.01. The van der Waals surface area contributed by atoms with E-state index in [0.29, 0.717) is 10.7 Å². The van der Waals surface area contributed by atoms with E-state index < -0.39 is 41.3 Å². The summed E-state index contributed by atoms with van der Waals surface area (Å²) >= 11 is 3.49. The number of hydrogen-bond donors (Lipinski definition) is 7. The summed E-state index contributed by atoms with van der Waals surface area (Å²) in [5.74, 6) is -3.23. The van der Waals surface area contributed by atoms with Crippen molar-refractivity contribution in [3.63, 3.8) is 0 Å². The first kappa shape index (κ1) is 30.7. The quantitative estimate of drug-likeness (QED) is 0.0380. The summed E-state index contributed by atoms with van der Waals surface area (Å²) in [5, 5.41) is 26.6. The van der Waals surface area contributed by atoms with Crippen LogP contribution in [0, 0.1) is 0 Å². The van der Waals surface area contributed by atoms with Gasteiger partial charge < -0.3 is 43.3 Å². The van der Waals surface area contributed by atoms with Crippen molar-refractivity contribution in [2.45, 2.75) is 36.0 Å². The van der Waals surface area contributed by atoms with Crippen LogP contribution < -0.4 is 32.8 Å². The molecule has 0 radical (unpaired) electrons. The summed E-state index contributed by atoms with van der Waals surface area (Å²) in [5.41, 5.74) is 23.4. The first-order valence-corrected chi connectivity index (χ1v) is 14.9. The van der Waals surface area contributed by atoms with Crippen LogP contribution in [0.2, 0.25) is 0 Å². The van der Waals surface area contributed by atoms with Gasteiger partial charge in [-0.15, -0.1) is 23.1 Å². The lowest BCUT2D eigenvalue weighted by Crippen LogP contribution is -2.71. The van der Waals surface area contributed by atoms with Crippen molar-refractivity contribution in [1.82, 2.24) is 20.2 Å². The third kappa shape index (κ3) is 6.14. The van der Waals surface area contributed by atoms with Crippen molar-refractivity contribution < 1.29 is 38.8 Å². The highest BCUT2D eigenvalue weighted by Crippen LogP contribution is 2.41. The summed E-state index contributed by atoms with van der Waals surface area (Å²) < 4.78 is 1.53. The van der Waals surface area contributed by atoms with Crippen LogP contribution in [0.4, 0.5) is 22.5 Å². The number of β-lactam (4-membered cyclic amide) rings is 1. The van der Waals surface area contributed by atoms with Crippen molar-refractivity contribution in [1.29, 1.82) is 0 Å². The molecule has 42 heavy (non-hydrogen) atoms. The maximum Gasteiger partial charge on any atom is 0.352 e. The van der Waals surface area contributed by atoms with Gasteiger partial charge in [0.05, 0.1) is 13.5 Å². The Morgan fingerprint density at radius 3 is 2.62 bits per heavy atom. The largest absolute Gasteiger partial charge is 0.481 e. The molecule has 0 bridgehead atoms. The molecule has 2 aliphatic heterocycles. The predicted octanol–water partition coefficient (Wildman–Crippen LogP) is -1.19. The van der Waals surface area contributed by atoms with Crippen molar-refractivity contribution in [2.24, 2.45) is 12.2 Å². The minimum Gasteiger partial charge on any atom is -0.481 e. The number of carboxylic acid groups (broad SMARTS) is 2. The number of rotatable bonds is 11. The third-order valence-corrected chi connectivity index (χ3v) is 9.22. The highest BCUT2D eigenvalue weighted by atomic mass is 32.2. The number of aromatic nitrogens is 3. The zero-order valence-electron chi connectivity index (χ0n) is 22.1. The van der Waals surface area contributed by atoms with E-state index in [1.807, 2.05) is 0 Å². The van der Waals surface area contributed by atoms with Crippen LogP contribution in [-0.2, 0) is 31.1 Å². The van der Waals surface area contributed by atoms with Gasteiger partial charge >= 0.3 is 17.1 Å². The van der Waals surface area contributed by atoms with Crippen LogP contribution in [0.1, 0.15) is 19.0 Å². The molecule has 224 valence electrons. The standard InChI is InChI=1S/C22H26N10O7S3/c1-7(3-10(33)34)39-30-12(9-6-41-21(26)27-9)17(35)28-13-18(36)32-14(20(37)38)8(4-40-19(13)32)5-42-22-29-15(24)11(23)16(25)31(22)2/h6-7,13,19H,3-5H2,1-2H3,(H10,23,24,25,26,27,28,30,33,34,35,37,38)/p+1/t7?,13?,19-/m1/s1. The average molecular weight is 640 g/mol. The lowest BCUT2D eigenvalue weighted by Gasteiger charge is -2.49. The smallest absolute Gasteiger partial charge is 0.352 e. The lowest BCUT2D eigenvalue weighted by atomic mass is 10.0. The molecule has 2 aliphatic rings. The summed E-state index contributed by atoms with van der Waals surface area (Å²) in [6.07, 6.45) is -1.24. The lowest BCUT2D eigenvalue weighted by molar-refractivity contribution is -0.698. The van der Waals surface area contributed by atoms with E-state index in [1.54, 1.807) is 7.05 Å². The van der Waals surface area contributed by atoms with Gasteiger partial charge in [0.15, 0.2) is 16.5 Å². The fourth-order valence-corrected chi connectivity index (χ4v) is 6.98. The minimum atomic E-state index is -1.30. The van der Waals surface area contributed by atoms with Crippen molar-refractivity contribution in [3.05, 3.63) is 22.3 Å². The Bertz CT molecular complexity index is 1530. The molecule has 1 fully saturated rings. The Morgan fingerprint density at radius 1 is 1.29 bits per heavy atom. The topological polar surface area (TPSA) is 279 Å². The first-order valence-electron chi connectivity index (χ1n) is 12.0. The van der Waals surface area contributed by atoms with Gasteiger partial charge in [-0.1, -0.05) is 10.1 Å². The second-order valence-electron chi connectivity index (χ2n) is 9.07. The summed E-state index contributed by atoms with van der Waals surface area (Å²) in [7, 11) is 1.64. The molecule has 2 aromatic heterocycles. The van der Waals surface area contributed by atoms with Crippen LogP contribution >= 0.6 is 34.9 Å². The van der Waals surface area contributed by atoms with Gasteiger partial charge in [0.1, 0.15) is 28.9 Å². The Morgan fingerprint density at radius 2 is 2.00 bits per heavy atom. The number of amides is 2. The van der Waals surface area contributed by atoms with Gasteiger partial charge in [0.25, 0.3) is 11.8 Å². The Labute approximate surface area is 250 Å². The second-order valence-corrected chi connectivity index (χ2v) is 12.0. The maximum atomic E-state index is 13.2. The summed E-state index contributed by atoms with van der Waals surface area (Å²) in [6.45, 7) is 1.46. The van der Waals surface area contributed by atoms with E-state index in [0.717, 1.165) is 16.2 Å². The molecule has 0 aromatic carbocycles. The van der Waals surface area contributed by atoms with E-state index >= 15 is 0 Å². The van der Waals surface area contributed by atoms with Crippen LogP contribution in [0.15, 0.2) is 27.0 Å². The van der Waals surface area contributed by atoms with E-state index in [2.05, 4.69) is 20.4 Å². The van der Waals surface area contributed by atoms with Gasteiger partial charge in [-0.25, -0.2) is 14.3 Å². The van der Waals surface area contributed by atoms with Crippen LogP contribution in [0.3, 0.4) is 0 Å². The maximum absolute atomic E-state index is 13.2. The number of anilines is 4. The molecule has 4 heterocycles. The van der Waals surface area contributed by atoms with E-state index in [9.17, 15) is 24.3 Å². The number of oxime groups is 1. The van der Waals surface area contributed by atoms with E-state index in [1.165, 1.54) is 40.4 Å². The van der Waals surface area contributed by atoms with E-state index in [4.69, 9.17) is 32.9 Å². The molecule has 1 saturated heterocycles. The van der Waals surface area contributed by atoms with Crippen LogP contribution in [0.25, 0.3) is 0 Å². The number of nitrogens with zero attached hydrogens (tertiary/aromatic N) is 5. The SMILES string of the molecule is CC(CC(=O)O)O/N=C(\C(=O)NC1C(=O)N2C(C(=O)O)=C(CSc3nc(N)c(N)c(N)[n+]3C)CS[C@H]12)c1csc(N)n1. The average Bonchev–Trinajstić information content (AvgIpc) is 3.36. The molecule has 3 atom stereocenters. The molecule has 17 nitrogen and oxygen atoms in total. The summed E-state index contributed by atoms with van der Waals surface area (Å²) in [6, 6.07) is -1.07. The molecule has 0 saturated carbocycles. The van der Waals surface area contributed by atoms with Crippen LogP contribution in [-0.4, -0.2) is 83.6 Å². The molecule has 2 unspecified atom stereocenters. The van der Waals surface area contributed by atoms with Crippen LogP contribution in [0.5, 0.6) is 0 Å². The zero-order valence-corrected chi connectivity index (χ0v) is 24.6. The molecule has 0 aliphatic carbocycles. The van der Waals surface area contributed by atoms with Gasteiger partial charge in [0, 0.05) is 16.9 Å². The molecule has 20 heteroatoms. The molecule has 0 spiro atoms. The fourth-order valence-electron chi connectivity index (χ4n) is 3.96. The van der Waals surface area contributed by atoms with E-state index in [-0.39, 0.29) is 57.5 Å². The Kier molecular flexibility index (Phi) is 8.97. The first-order chi connectivity index (χ1) is 19.8. The molecular formula is C22H27N10O7S3+. The van der Waals surface area contributed by atoms with Crippen molar-refractivity contribution >= 4 is 86.8 Å². The minimum absolute atomic E-state index is 0.0418. The molecule has 4 rings (SSSR count). The number of aliphatic carboxylic acids is 2. The molecule has 2 amide bonds. The molecule has 11 N–H and O–H groups in total. The third-order valence-electron chi connectivity index (χ3n) is 6.09. The number of nitrogen functional groups attached to an aromatic ring is 4. The predicted molar refractivity (Wildman–Crippen MR) is 155 cm³/mol. The Balaban J connectivity index is 1.51. The number of hydrogen-bond acceptors (Lipinski definition) is 15. The number of thioether (sulfide) groups is 2. The van der Waals surface area contributed by atoms with Gasteiger partial charge in [-0.3, -0.25) is 19.3 Å². The monoisotopic (exact) mass is 639 g/mol. The summed E-state index contributed by atoms with van der Waals surface area (Å²) in [4.78, 5) is 64.1. The number of carboxylic acids is 2. The number of carbonyl (C=O) groups is 4. The fraction of sp³-hybridized carbons (Fsp3) is 0.364. The number of nitrogens with two attached hydrogens (primary N) is 4. The Hall–Kier alpha value is -4.30. The highest BCUT2D eigenvalue weighted by Gasteiger charge is 2.54. The van der Waals surface area contributed by atoms with Gasteiger partial charge in [-0.05, 0) is 24.3 Å². The number of fused-ring (bicyclic) bond motifs is 1. The molecule has 2 aromatic rings. The van der Waals surface area contributed by atoms with Crippen molar-refractivity contribution in [3.8, 4) is 0 Å². The van der Waals surface area contributed by atoms with Gasteiger partial charge in [0.2, 0.25) is 11.6 Å². The normalized spacial score (nSPS) is 19.1.